The largest absolute Gasteiger partial charge is 0.497 e. The van der Waals surface area contributed by atoms with Gasteiger partial charge in [-0.1, -0.05) is 30.3 Å². The molecule has 4 amide bonds. The summed E-state index contributed by atoms with van der Waals surface area (Å²) in [7, 11) is 1.53. The number of imide groups is 1. The number of urea groups is 1. The summed E-state index contributed by atoms with van der Waals surface area (Å²) in [6, 6.07) is 11.7. The second-order valence-corrected chi connectivity index (χ2v) is 7.90. The highest BCUT2D eigenvalue weighted by molar-refractivity contribution is 6.08. The van der Waals surface area contributed by atoms with E-state index in [4.69, 9.17) is 10.5 Å². The van der Waals surface area contributed by atoms with E-state index in [9.17, 15) is 14.4 Å². The van der Waals surface area contributed by atoms with E-state index < -0.39 is 17.5 Å². The fourth-order valence-electron chi connectivity index (χ4n) is 4.19. The number of hydrogen-bond acceptors (Lipinski definition) is 7. The van der Waals surface area contributed by atoms with Crippen LogP contribution in [-0.2, 0) is 16.9 Å². The summed E-state index contributed by atoms with van der Waals surface area (Å²) in [6.07, 6.45) is 3.01. The second kappa shape index (κ2) is 7.59. The summed E-state index contributed by atoms with van der Waals surface area (Å²) in [5.41, 5.74) is 7.44. The van der Waals surface area contributed by atoms with Gasteiger partial charge in [0.1, 0.15) is 11.6 Å². The number of nitrogens with zero attached hydrogens (tertiary/aromatic N) is 3. The van der Waals surface area contributed by atoms with Crippen LogP contribution in [0.1, 0.15) is 21.5 Å². The van der Waals surface area contributed by atoms with Crippen molar-refractivity contribution in [3.63, 3.8) is 0 Å². The normalized spacial score (nSPS) is 19.3. The molecule has 0 spiro atoms. The number of nitrogens with two attached hydrogens (primary N) is 1. The minimum absolute atomic E-state index is 0.0264. The SMILES string of the molecule is COc1ccc2c(c1)C(=O)N(C[C@]1(c3ccc(-c4cnc(N)cn4)cc3)NC(=O)NC1=O)C2. The average molecular weight is 444 g/mol. The third kappa shape index (κ3) is 3.41. The molecule has 2 aliphatic heterocycles. The van der Waals surface area contributed by atoms with Gasteiger partial charge in [0.15, 0.2) is 5.54 Å². The Morgan fingerprint density at radius 3 is 2.52 bits per heavy atom. The Balaban J connectivity index is 1.47. The predicted octanol–water partition coefficient (Wildman–Crippen LogP) is 1.43. The number of amides is 4. The van der Waals surface area contributed by atoms with Gasteiger partial charge in [-0.05, 0) is 23.3 Å². The molecule has 0 radical (unpaired) electrons. The maximum atomic E-state index is 13.1. The number of anilines is 1. The third-order valence-corrected chi connectivity index (χ3v) is 5.91. The van der Waals surface area contributed by atoms with Crippen molar-refractivity contribution in [1.82, 2.24) is 25.5 Å². The lowest BCUT2D eigenvalue weighted by Gasteiger charge is -2.31. The Morgan fingerprint density at radius 2 is 1.88 bits per heavy atom. The number of nitrogen functional groups attached to an aromatic ring is 1. The molecule has 5 rings (SSSR count). The van der Waals surface area contributed by atoms with E-state index >= 15 is 0 Å². The zero-order valence-electron chi connectivity index (χ0n) is 17.7. The highest BCUT2D eigenvalue weighted by atomic mass is 16.5. The lowest BCUT2D eigenvalue weighted by Crippen LogP contribution is -2.52. The summed E-state index contributed by atoms with van der Waals surface area (Å²) in [6.45, 7) is 0.295. The lowest BCUT2D eigenvalue weighted by atomic mass is 9.88. The van der Waals surface area contributed by atoms with Crippen LogP contribution in [0.25, 0.3) is 11.3 Å². The molecule has 2 aliphatic rings. The minimum atomic E-state index is -1.43. The summed E-state index contributed by atoms with van der Waals surface area (Å²) < 4.78 is 5.22. The quantitative estimate of drug-likeness (QED) is 0.506. The molecule has 10 nitrogen and oxygen atoms in total. The van der Waals surface area contributed by atoms with Gasteiger partial charge in [0.25, 0.3) is 11.8 Å². The van der Waals surface area contributed by atoms with Crippen LogP contribution in [0.4, 0.5) is 10.6 Å². The van der Waals surface area contributed by atoms with Crippen molar-refractivity contribution < 1.29 is 19.1 Å². The maximum Gasteiger partial charge on any atom is 0.322 e. The van der Waals surface area contributed by atoms with Crippen LogP contribution in [0.5, 0.6) is 5.75 Å². The van der Waals surface area contributed by atoms with Crippen LogP contribution < -0.4 is 21.1 Å². The molecule has 0 bridgehead atoms. The summed E-state index contributed by atoms with van der Waals surface area (Å²) >= 11 is 0. The Hall–Kier alpha value is -4.47. The van der Waals surface area contributed by atoms with E-state index in [0.717, 1.165) is 11.1 Å². The molecular weight excluding hydrogens is 424 g/mol. The molecule has 0 saturated carbocycles. The zero-order chi connectivity index (χ0) is 23.2. The van der Waals surface area contributed by atoms with Crippen molar-refractivity contribution in [1.29, 1.82) is 0 Å². The molecule has 0 aliphatic carbocycles. The number of rotatable bonds is 5. The number of nitrogens with one attached hydrogen (secondary N) is 2. The van der Waals surface area contributed by atoms with Crippen LogP contribution in [0.3, 0.4) is 0 Å². The predicted molar refractivity (Wildman–Crippen MR) is 118 cm³/mol. The lowest BCUT2D eigenvalue weighted by molar-refractivity contribution is -0.124. The van der Waals surface area contributed by atoms with Crippen molar-refractivity contribution in [3.05, 3.63) is 71.5 Å². The Bertz CT molecular complexity index is 1280. The van der Waals surface area contributed by atoms with Crippen LogP contribution in [-0.4, -0.2) is 46.4 Å². The minimum Gasteiger partial charge on any atom is -0.497 e. The van der Waals surface area contributed by atoms with E-state index in [2.05, 4.69) is 20.6 Å². The molecule has 166 valence electrons. The van der Waals surface area contributed by atoms with Crippen LogP contribution in [0, 0.1) is 0 Å². The number of benzene rings is 2. The highest BCUT2D eigenvalue weighted by Crippen LogP contribution is 2.33. The molecule has 1 aromatic heterocycles. The molecule has 4 N–H and O–H groups in total. The number of hydrogen-bond donors (Lipinski definition) is 3. The third-order valence-electron chi connectivity index (χ3n) is 5.91. The number of ether oxygens (including phenoxy) is 1. The summed E-state index contributed by atoms with van der Waals surface area (Å²) in [5.74, 6) is 0.139. The topological polar surface area (TPSA) is 140 Å². The van der Waals surface area contributed by atoms with Crippen LogP contribution in [0.15, 0.2) is 54.9 Å². The average Bonchev–Trinajstić information content (AvgIpc) is 3.29. The zero-order valence-corrected chi connectivity index (χ0v) is 17.7. The second-order valence-electron chi connectivity index (χ2n) is 7.90. The Kier molecular flexibility index (Phi) is 4.70. The molecule has 2 aromatic carbocycles. The number of carbonyl (C=O) groups excluding carboxylic acids is 3. The fourth-order valence-corrected chi connectivity index (χ4v) is 4.19. The van der Waals surface area contributed by atoms with Gasteiger partial charge in [-0.25, -0.2) is 9.78 Å². The number of aromatic nitrogens is 2. The molecule has 0 unspecified atom stereocenters. The first-order valence-electron chi connectivity index (χ1n) is 10.2. The molecule has 1 fully saturated rings. The first-order chi connectivity index (χ1) is 15.9. The smallest absolute Gasteiger partial charge is 0.322 e. The molecule has 3 aromatic rings. The van der Waals surface area contributed by atoms with Crippen LogP contribution in [0.2, 0.25) is 0 Å². The van der Waals surface area contributed by atoms with Crippen molar-refractivity contribution in [2.24, 2.45) is 0 Å². The number of fused-ring (bicyclic) bond motifs is 1. The van der Waals surface area contributed by atoms with E-state index in [0.29, 0.717) is 34.9 Å². The van der Waals surface area contributed by atoms with Gasteiger partial charge in [-0.2, -0.15) is 0 Å². The fraction of sp³-hybridized carbons (Fsp3) is 0.174. The first-order valence-corrected chi connectivity index (χ1v) is 10.2. The van der Waals surface area contributed by atoms with Gasteiger partial charge in [-0.3, -0.25) is 19.9 Å². The standard InChI is InChI=1S/C23H20N6O4/c1-33-16-7-4-14-11-29(20(30)17(14)8-16)12-23(21(31)27-22(32)28-23)15-5-2-13(3-6-15)18-9-26-19(24)10-25-18/h2-10H,11-12H2,1H3,(H2,24,26)(H2,27,28,31,32)/t23-/m1/s1. The monoisotopic (exact) mass is 444 g/mol. The maximum absolute atomic E-state index is 13.1. The van der Waals surface area contributed by atoms with Crippen molar-refractivity contribution in [3.8, 4) is 17.0 Å². The molecule has 1 saturated heterocycles. The van der Waals surface area contributed by atoms with Gasteiger partial charge in [0.2, 0.25) is 0 Å². The summed E-state index contributed by atoms with van der Waals surface area (Å²) in [4.78, 5) is 48.0. The first kappa shape index (κ1) is 20.4. The number of methoxy groups -OCH3 is 1. The number of carbonyl (C=O) groups is 3. The van der Waals surface area contributed by atoms with Crippen molar-refractivity contribution >= 4 is 23.7 Å². The Labute approximate surface area is 188 Å². The van der Waals surface area contributed by atoms with Crippen molar-refractivity contribution in [2.75, 3.05) is 19.4 Å². The van der Waals surface area contributed by atoms with E-state index in [-0.39, 0.29) is 12.5 Å². The van der Waals surface area contributed by atoms with Gasteiger partial charge >= 0.3 is 6.03 Å². The van der Waals surface area contributed by atoms with Gasteiger partial charge in [-0.15, -0.1) is 0 Å². The van der Waals surface area contributed by atoms with Crippen molar-refractivity contribution in [2.45, 2.75) is 12.1 Å². The van der Waals surface area contributed by atoms with Crippen LogP contribution >= 0.6 is 0 Å². The Morgan fingerprint density at radius 1 is 1.09 bits per heavy atom. The molecule has 3 heterocycles. The highest BCUT2D eigenvalue weighted by Gasteiger charge is 2.50. The van der Waals surface area contributed by atoms with E-state index in [1.165, 1.54) is 13.3 Å². The molecule has 10 heteroatoms. The van der Waals surface area contributed by atoms with E-state index in [1.54, 1.807) is 47.5 Å². The van der Waals surface area contributed by atoms with Gasteiger partial charge in [0.05, 0.1) is 31.7 Å². The van der Waals surface area contributed by atoms with E-state index in [1.807, 2.05) is 6.07 Å². The van der Waals surface area contributed by atoms with Gasteiger partial charge < -0.3 is 20.7 Å². The molecular formula is C23H20N6O4. The summed E-state index contributed by atoms with van der Waals surface area (Å²) in [5, 5.41) is 5.04. The molecule has 33 heavy (non-hydrogen) atoms. The molecule has 1 atom stereocenters. The van der Waals surface area contributed by atoms with Gasteiger partial charge in [0, 0.05) is 17.7 Å².